The van der Waals surface area contributed by atoms with Gasteiger partial charge in [-0.2, -0.15) is 0 Å². The molecule has 5 N–H and O–H groups in total. The number of rotatable bonds is 19. The van der Waals surface area contributed by atoms with Gasteiger partial charge in [0.1, 0.15) is 12.1 Å². The Kier molecular flexibility index (Phi) is 15.6. The number of pyridine rings is 2. The van der Waals surface area contributed by atoms with E-state index in [4.69, 9.17) is 0 Å². The minimum atomic E-state index is -1.17. The molecule has 0 saturated carbocycles. The Morgan fingerprint density at radius 1 is 0.623 bits per heavy atom. The average Bonchev–Trinajstić information content (AvgIpc) is 3.14. The fraction of sp³-hybridized carbons (Fsp3) is 0.366. The van der Waals surface area contributed by atoms with Crippen LogP contribution in [0, 0.1) is 11.8 Å². The van der Waals surface area contributed by atoms with Crippen LogP contribution >= 0.6 is 0 Å². The van der Waals surface area contributed by atoms with E-state index in [1.807, 2.05) is 88.4 Å². The van der Waals surface area contributed by atoms with Crippen LogP contribution in [-0.2, 0) is 45.0 Å². The maximum Gasteiger partial charge on any atom is 0.257 e. The number of hydrogen-bond acceptors (Lipinski definition) is 8. The molecule has 2 aromatic heterocycles. The summed E-state index contributed by atoms with van der Waals surface area (Å²) in [6, 6.07) is 23.5. The predicted octanol–water partition coefficient (Wildman–Crippen LogP) is 3.17. The number of hydrogen-bond donors (Lipinski definition) is 5. The van der Waals surface area contributed by atoms with Crippen molar-refractivity contribution in [2.24, 2.45) is 11.8 Å². The summed E-state index contributed by atoms with van der Waals surface area (Å²) < 4.78 is 0. The predicted molar refractivity (Wildman–Crippen MR) is 202 cm³/mol. The van der Waals surface area contributed by atoms with Crippen LogP contribution in [0.1, 0.15) is 49.9 Å². The van der Waals surface area contributed by atoms with Gasteiger partial charge >= 0.3 is 0 Å². The monoisotopic (exact) mass is 721 g/mol. The molecule has 280 valence electrons. The zero-order chi connectivity index (χ0) is 38.2. The number of hydrazine groups is 1. The first-order valence-corrected chi connectivity index (χ1v) is 18.0. The molecule has 0 aliphatic rings. The Morgan fingerprint density at radius 3 is 1.57 bits per heavy atom. The highest BCUT2D eigenvalue weighted by Crippen LogP contribution is 2.13. The zero-order valence-corrected chi connectivity index (χ0v) is 30.8. The van der Waals surface area contributed by atoms with Crippen molar-refractivity contribution >= 4 is 23.6 Å². The Bertz CT molecular complexity index is 1730. The standard InChI is InChI=1S/C41H51N7O5/c1-28(2)38(45-36(50)22-32-17-11-19-42-24-32)40(52)44-34(21-30-13-7-5-8-14-30)35(49)27-48(26-31-15-9-6-10-16-31)47-41(53)39(29(3)4)46-37(51)23-33-18-12-20-43-25-33/h5-20,24-25,28-29,34-35,38-39,49H,21-23,26-27H2,1-4H3,(H,44,52)(H,45,50)(H,46,51)(H,47,53)/t34-,35-,38-,39+/m0/s1. The molecule has 4 aromatic rings. The fourth-order valence-electron chi connectivity index (χ4n) is 5.85. The summed E-state index contributed by atoms with van der Waals surface area (Å²) in [6.07, 6.45) is 5.72. The minimum Gasteiger partial charge on any atom is -0.390 e. The number of aliphatic hydroxyl groups excluding tert-OH is 1. The van der Waals surface area contributed by atoms with Crippen LogP contribution in [0.3, 0.4) is 0 Å². The molecule has 0 unspecified atom stereocenters. The van der Waals surface area contributed by atoms with Gasteiger partial charge in [0.25, 0.3) is 5.91 Å². The maximum absolute atomic E-state index is 13.9. The topological polar surface area (TPSA) is 166 Å². The molecule has 4 rings (SSSR count). The molecular weight excluding hydrogens is 670 g/mol. The number of benzene rings is 2. The van der Waals surface area contributed by atoms with Crippen LogP contribution in [0.5, 0.6) is 0 Å². The molecular formula is C41H51N7O5. The third kappa shape index (κ3) is 13.6. The van der Waals surface area contributed by atoms with E-state index < -0.39 is 36.0 Å². The van der Waals surface area contributed by atoms with Gasteiger partial charge in [-0.05, 0) is 52.6 Å². The van der Waals surface area contributed by atoms with Crippen molar-refractivity contribution in [3.05, 3.63) is 132 Å². The molecule has 2 heterocycles. The van der Waals surface area contributed by atoms with Crippen molar-refractivity contribution < 1.29 is 24.3 Å². The molecule has 53 heavy (non-hydrogen) atoms. The molecule has 12 nitrogen and oxygen atoms in total. The van der Waals surface area contributed by atoms with Gasteiger partial charge in [0, 0.05) is 37.9 Å². The van der Waals surface area contributed by atoms with Gasteiger partial charge in [-0.15, -0.1) is 0 Å². The highest BCUT2D eigenvalue weighted by Gasteiger charge is 2.32. The molecule has 12 heteroatoms. The summed E-state index contributed by atoms with van der Waals surface area (Å²) in [5.74, 6) is -2.02. The summed E-state index contributed by atoms with van der Waals surface area (Å²) in [4.78, 5) is 61.7. The Hall–Kier alpha value is -5.46. The molecule has 0 radical (unpaired) electrons. The summed E-state index contributed by atoms with van der Waals surface area (Å²) in [7, 11) is 0. The second-order valence-corrected chi connectivity index (χ2v) is 13.9. The normalized spacial score (nSPS) is 13.5. The van der Waals surface area contributed by atoms with Crippen molar-refractivity contribution in [1.82, 2.24) is 36.4 Å². The number of amides is 4. The van der Waals surface area contributed by atoms with E-state index in [2.05, 4.69) is 31.3 Å². The third-order valence-electron chi connectivity index (χ3n) is 8.69. The highest BCUT2D eigenvalue weighted by atomic mass is 16.3. The number of nitrogens with one attached hydrogen (secondary N) is 4. The lowest BCUT2D eigenvalue weighted by Gasteiger charge is -2.33. The van der Waals surface area contributed by atoms with Crippen LogP contribution < -0.4 is 21.4 Å². The number of carbonyl (C=O) groups is 4. The Labute approximate surface area is 311 Å². The minimum absolute atomic E-state index is 0.0629. The first kappa shape index (κ1) is 40.3. The van der Waals surface area contributed by atoms with Crippen LogP contribution in [0.4, 0.5) is 0 Å². The summed E-state index contributed by atoms with van der Waals surface area (Å²) in [6.45, 7) is 7.55. The van der Waals surface area contributed by atoms with Gasteiger partial charge in [0.15, 0.2) is 0 Å². The van der Waals surface area contributed by atoms with Gasteiger partial charge in [-0.25, -0.2) is 5.01 Å². The van der Waals surface area contributed by atoms with Crippen LogP contribution in [0.2, 0.25) is 0 Å². The molecule has 4 amide bonds. The highest BCUT2D eigenvalue weighted by molar-refractivity contribution is 5.89. The summed E-state index contributed by atoms with van der Waals surface area (Å²) in [5, 5.41) is 22.2. The van der Waals surface area contributed by atoms with Crippen LogP contribution in [-0.4, -0.2) is 74.5 Å². The molecule has 0 fully saturated rings. The van der Waals surface area contributed by atoms with E-state index in [0.717, 1.165) is 22.3 Å². The van der Waals surface area contributed by atoms with E-state index in [9.17, 15) is 24.3 Å². The average molecular weight is 722 g/mol. The number of aromatic nitrogens is 2. The Morgan fingerprint density at radius 2 is 1.09 bits per heavy atom. The van der Waals surface area contributed by atoms with Crippen molar-refractivity contribution in [2.45, 2.75) is 77.7 Å². The fourth-order valence-corrected chi connectivity index (χ4v) is 5.85. The number of aliphatic hydroxyl groups is 1. The van der Waals surface area contributed by atoms with E-state index in [-0.39, 0.29) is 56.0 Å². The SMILES string of the molecule is CC(C)[C@H](NC(=O)Cc1cccnc1)C(=O)N[C@@H](Cc1ccccc1)[C@@H](O)CN(Cc1ccccc1)NC(=O)[C@H](NC(=O)Cc1cccnc1)C(C)C. The van der Waals surface area contributed by atoms with Crippen LogP contribution in [0.25, 0.3) is 0 Å². The molecule has 0 aliphatic heterocycles. The van der Waals surface area contributed by atoms with Crippen molar-refractivity contribution in [2.75, 3.05) is 6.54 Å². The van der Waals surface area contributed by atoms with E-state index >= 15 is 0 Å². The van der Waals surface area contributed by atoms with E-state index in [0.29, 0.717) is 0 Å². The van der Waals surface area contributed by atoms with Gasteiger partial charge in [0.2, 0.25) is 17.7 Å². The number of carbonyl (C=O) groups excluding carboxylic acids is 4. The van der Waals surface area contributed by atoms with Crippen LogP contribution in [0.15, 0.2) is 110 Å². The molecule has 0 saturated heterocycles. The molecule has 0 spiro atoms. The zero-order valence-electron chi connectivity index (χ0n) is 30.8. The Balaban J connectivity index is 1.52. The lowest BCUT2D eigenvalue weighted by Crippen LogP contribution is -2.59. The largest absolute Gasteiger partial charge is 0.390 e. The van der Waals surface area contributed by atoms with E-state index in [1.54, 1.807) is 54.1 Å². The van der Waals surface area contributed by atoms with Crippen molar-refractivity contribution in [3.63, 3.8) is 0 Å². The van der Waals surface area contributed by atoms with Crippen molar-refractivity contribution in [1.29, 1.82) is 0 Å². The van der Waals surface area contributed by atoms with E-state index in [1.165, 1.54) is 0 Å². The van der Waals surface area contributed by atoms with Gasteiger partial charge < -0.3 is 21.1 Å². The lowest BCUT2D eigenvalue weighted by molar-refractivity contribution is -0.134. The number of nitrogens with zero attached hydrogens (tertiary/aromatic N) is 3. The van der Waals surface area contributed by atoms with Gasteiger partial charge in [-0.3, -0.25) is 34.6 Å². The van der Waals surface area contributed by atoms with Gasteiger partial charge in [0.05, 0.1) is 25.0 Å². The van der Waals surface area contributed by atoms with Crippen molar-refractivity contribution in [3.8, 4) is 0 Å². The maximum atomic E-state index is 13.9. The first-order chi connectivity index (χ1) is 25.5. The first-order valence-electron chi connectivity index (χ1n) is 18.0. The summed E-state index contributed by atoms with van der Waals surface area (Å²) in [5.41, 5.74) is 6.15. The molecule has 0 bridgehead atoms. The van der Waals surface area contributed by atoms with Gasteiger partial charge in [-0.1, -0.05) is 100 Å². The second kappa shape index (κ2) is 20.5. The lowest BCUT2D eigenvalue weighted by atomic mass is 9.98. The summed E-state index contributed by atoms with van der Waals surface area (Å²) >= 11 is 0. The molecule has 2 aromatic carbocycles. The third-order valence-corrected chi connectivity index (χ3v) is 8.69. The quantitative estimate of drug-likeness (QED) is 0.0922. The molecule has 0 aliphatic carbocycles. The smallest absolute Gasteiger partial charge is 0.257 e. The second-order valence-electron chi connectivity index (χ2n) is 13.9. The molecule has 4 atom stereocenters.